The highest BCUT2D eigenvalue weighted by Gasteiger charge is 2.19. The minimum Gasteiger partial charge on any atom is -0.481 e. The number of hydrogen-bond donors (Lipinski definition) is 3. The van der Waals surface area contributed by atoms with Gasteiger partial charge >= 0.3 is 5.97 Å². The van der Waals surface area contributed by atoms with Gasteiger partial charge in [0.1, 0.15) is 0 Å². The van der Waals surface area contributed by atoms with Crippen molar-refractivity contribution in [1.29, 1.82) is 0 Å². The Labute approximate surface area is 115 Å². The maximum Gasteiger partial charge on any atom is 0.305 e. The van der Waals surface area contributed by atoms with Gasteiger partial charge in [0, 0.05) is 12.1 Å². The molecule has 0 radical (unpaired) electrons. The largest absolute Gasteiger partial charge is 0.481 e. The van der Waals surface area contributed by atoms with Gasteiger partial charge in [-0.15, -0.1) is 0 Å². The van der Waals surface area contributed by atoms with Crippen molar-refractivity contribution >= 4 is 11.9 Å². The lowest BCUT2D eigenvalue weighted by Gasteiger charge is -2.17. The van der Waals surface area contributed by atoms with Gasteiger partial charge in [0.15, 0.2) is 0 Å². The molecule has 1 aromatic heterocycles. The molecular formula is C13H17N3O4. The summed E-state index contributed by atoms with van der Waals surface area (Å²) < 4.78 is 0. The van der Waals surface area contributed by atoms with E-state index in [1.165, 1.54) is 0 Å². The lowest BCUT2D eigenvalue weighted by Crippen LogP contribution is -2.30. The molecule has 2 rings (SSSR count). The lowest BCUT2D eigenvalue weighted by molar-refractivity contribution is -0.136. The van der Waals surface area contributed by atoms with Crippen molar-refractivity contribution in [3.63, 3.8) is 0 Å². The minimum atomic E-state index is -0.954. The topological polar surface area (TPSA) is 112 Å². The number of carboxylic acids is 1. The molecule has 0 unspecified atom stereocenters. The summed E-state index contributed by atoms with van der Waals surface area (Å²) >= 11 is 0. The van der Waals surface area contributed by atoms with Crippen LogP contribution in [0.4, 0.5) is 0 Å². The molecule has 1 heterocycles. The Morgan fingerprint density at radius 1 is 1.25 bits per heavy atom. The Bertz CT molecular complexity index is 579. The minimum absolute atomic E-state index is 0.0682. The standard InChI is InChI=1S/C13H17N3O4/c17-11(14-6-5-12(18)19)7-10-8-3-1-2-4-9(8)13(20)16-15-10/h1-7H2,(H,14,17)(H,16,20)(H,18,19). The van der Waals surface area contributed by atoms with E-state index in [1.54, 1.807) is 0 Å². The number of carboxylic acid groups (broad SMARTS) is 1. The van der Waals surface area contributed by atoms with Crippen molar-refractivity contribution in [2.24, 2.45) is 0 Å². The third-order valence-corrected chi connectivity index (χ3v) is 3.37. The van der Waals surface area contributed by atoms with Crippen LogP contribution < -0.4 is 10.9 Å². The number of nitrogens with one attached hydrogen (secondary N) is 2. The van der Waals surface area contributed by atoms with E-state index in [4.69, 9.17) is 5.11 Å². The van der Waals surface area contributed by atoms with Gasteiger partial charge in [-0.1, -0.05) is 0 Å². The highest BCUT2D eigenvalue weighted by atomic mass is 16.4. The van der Waals surface area contributed by atoms with Gasteiger partial charge in [-0.05, 0) is 31.2 Å². The second-order valence-electron chi connectivity index (χ2n) is 4.83. The van der Waals surface area contributed by atoms with Crippen molar-refractivity contribution in [3.05, 3.63) is 27.2 Å². The number of aromatic nitrogens is 2. The third-order valence-electron chi connectivity index (χ3n) is 3.37. The molecule has 0 aromatic carbocycles. The Kier molecular flexibility index (Phi) is 4.49. The highest BCUT2D eigenvalue weighted by molar-refractivity contribution is 5.79. The van der Waals surface area contributed by atoms with Crippen LogP contribution in [-0.2, 0) is 28.9 Å². The maximum atomic E-state index is 11.7. The molecule has 7 heteroatoms. The van der Waals surface area contributed by atoms with Gasteiger partial charge in [0.2, 0.25) is 5.91 Å². The van der Waals surface area contributed by atoms with Crippen LogP contribution in [0.2, 0.25) is 0 Å². The highest BCUT2D eigenvalue weighted by Crippen LogP contribution is 2.20. The number of carbonyl (C=O) groups is 2. The Morgan fingerprint density at radius 3 is 2.65 bits per heavy atom. The van der Waals surface area contributed by atoms with Crippen LogP contribution >= 0.6 is 0 Å². The lowest BCUT2D eigenvalue weighted by atomic mass is 9.91. The maximum absolute atomic E-state index is 11.7. The van der Waals surface area contributed by atoms with E-state index in [-0.39, 0.29) is 30.9 Å². The first-order chi connectivity index (χ1) is 9.58. The Morgan fingerprint density at radius 2 is 1.95 bits per heavy atom. The predicted octanol–water partition coefficient (Wildman–Crippen LogP) is -0.218. The number of aliphatic carboxylic acids is 1. The summed E-state index contributed by atoms with van der Waals surface area (Å²) in [4.78, 5) is 33.8. The molecule has 1 aliphatic rings. The third kappa shape index (κ3) is 3.43. The first kappa shape index (κ1) is 14.2. The smallest absolute Gasteiger partial charge is 0.305 e. The summed E-state index contributed by atoms with van der Waals surface area (Å²) in [7, 11) is 0. The van der Waals surface area contributed by atoms with Crippen LogP contribution in [0, 0.1) is 0 Å². The van der Waals surface area contributed by atoms with Crippen molar-refractivity contribution in [2.75, 3.05) is 6.54 Å². The molecule has 20 heavy (non-hydrogen) atoms. The molecule has 0 atom stereocenters. The van der Waals surface area contributed by atoms with Crippen molar-refractivity contribution in [2.45, 2.75) is 38.5 Å². The van der Waals surface area contributed by atoms with E-state index in [2.05, 4.69) is 15.5 Å². The molecular weight excluding hydrogens is 262 g/mol. The van der Waals surface area contributed by atoms with E-state index in [1.807, 2.05) is 0 Å². The van der Waals surface area contributed by atoms with Crippen LogP contribution in [0.15, 0.2) is 4.79 Å². The van der Waals surface area contributed by atoms with Crippen molar-refractivity contribution in [3.8, 4) is 0 Å². The molecule has 0 spiro atoms. The number of carbonyl (C=O) groups excluding carboxylic acids is 1. The molecule has 1 aliphatic carbocycles. The zero-order chi connectivity index (χ0) is 14.5. The fourth-order valence-corrected chi connectivity index (χ4v) is 2.40. The van der Waals surface area contributed by atoms with E-state index in [0.29, 0.717) is 5.69 Å². The van der Waals surface area contributed by atoms with Crippen molar-refractivity contribution < 1.29 is 14.7 Å². The predicted molar refractivity (Wildman–Crippen MR) is 70.5 cm³/mol. The number of hydrogen-bond acceptors (Lipinski definition) is 4. The Balaban J connectivity index is 2.04. The number of nitrogens with zero attached hydrogens (tertiary/aromatic N) is 1. The SMILES string of the molecule is O=C(O)CCNC(=O)Cc1n[nH]c(=O)c2c1CCCC2. The van der Waals surface area contributed by atoms with Gasteiger partial charge in [-0.25, -0.2) is 5.10 Å². The van der Waals surface area contributed by atoms with E-state index < -0.39 is 5.97 Å². The van der Waals surface area contributed by atoms with Gasteiger partial charge in [0.25, 0.3) is 5.56 Å². The first-order valence-corrected chi connectivity index (χ1v) is 6.65. The average molecular weight is 279 g/mol. The monoisotopic (exact) mass is 279 g/mol. The fraction of sp³-hybridized carbons (Fsp3) is 0.538. The quantitative estimate of drug-likeness (QED) is 0.690. The Hall–Kier alpha value is -2.18. The number of H-pyrrole nitrogens is 1. The summed E-state index contributed by atoms with van der Waals surface area (Å²) in [6.07, 6.45) is 3.42. The molecule has 0 fully saturated rings. The zero-order valence-corrected chi connectivity index (χ0v) is 11.1. The number of rotatable bonds is 5. The summed E-state index contributed by atoms with van der Waals surface area (Å²) in [5.74, 6) is -1.23. The first-order valence-electron chi connectivity index (χ1n) is 6.65. The normalized spacial score (nSPS) is 13.6. The van der Waals surface area contributed by atoms with Gasteiger partial charge in [-0.3, -0.25) is 14.4 Å². The van der Waals surface area contributed by atoms with Crippen LogP contribution in [0.25, 0.3) is 0 Å². The van der Waals surface area contributed by atoms with E-state index in [0.717, 1.165) is 36.8 Å². The fourth-order valence-electron chi connectivity index (χ4n) is 2.40. The molecule has 7 nitrogen and oxygen atoms in total. The molecule has 0 aliphatic heterocycles. The molecule has 1 amide bonds. The van der Waals surface area contributed by atoms with Crippen LogP contribution in [0.5, 0.6) is 0 Å². The number of fused-ring (bicyclic) bond motifs is 1. The summed E-state index contributed by atoms with van der Waals surface area (Å²) in [6, 6.07) is 0. The van der Waals surface area contributed by atoms with Crippen LogP contribution in [0.3, 0.4) is 0 Å². The zero-order valence-electron chi connectivity index (χ0n) is 11.1. The average Bonchev–Trinajstić information content (AvgIpc) is 2.42. The van der Waals surface area contributed by atoms with Crippen molar-refractivity contribution in [1.82, 2.24) is 15.5 Å². The van der Waals surface area contributed by atoms with Gasteiger partial charge in [-0.2, -0.15) is 5.10 Å². The van der Waals surface area contributed by atoms with Crippen LogP contribution in [-0.4, -0.2) is 33.7 Å². The molecule has 1 aromatic rings. The van der Waals surface area contributed by atoms with Gasteiger partial charge in [0.05, 0.1) is 18.5 Å². The molecule has 0 saturated carbocycles. The van der Waals surface area contributed by atoms with Crippen LogP contribution in [0.1, 0.15) is 36.1 Å². The number of aromatic amines is 1. The van der Waals surface area contributed by atoms with Gasteiger partial charge < -0.3 is 10.4 Å². The molecule has 3 N–H and O–H groups in total. The van der Waals surface area contributed by atoms with E-state index >= 15 is 0 Å². The van der Waals surface area contributed by atoms with E-state index in [9.17, 15) is 14.4 Å². The summed E-state index contributed by atoms with van der Waals surface area (Å²) in [5, 5.41) is 17.4. The number of amides is 1. The molecule has 0 saturated heterocycles. The second kappa shape index (κ2) is 6.31. The second-order valence-corrected chi connectivity index (χ2v) is 4.83. The summed E-state index contributed by atoms with van der Waals surface area (Å²) in [5.41, 5.74) is 2.04. The molecule has 108 valence electrons. The molecule has 0 bridgehead atoms. The summed E-state index contributed by atoms with van der Waals surface area (Å²) in [6.45, 7) is 0.0969.